The highest BCUT2D eigenvalue weighted by atomic mass is 19.1. The molecule has 2 aliphatic rings. The summed E-state index contributed by atoms with van der Waals surface area (Å²) in [5, 5.41) is 0. The number of likely N-dealkylation sites (tertiary alicyclic amines) is 1. The number of amides is 2. The predicted molar refractivity (Wildman–Crippen MR) is 209 cm³/mol. The summed E-state index contributed by atoms with van der Waals surface area (Å²) in [6.07, 6.45) is 5.95. The maximum atomic E-state index is 14.8. The van der Waals surface area contributed by atoms with Gasteiger partial charge in [0, 0.05) is 75.6 Å². The molecule has 0 spiro atoms. The Hall–Kier alpha value is -3.54. The Morgan fingerprint density at radius 3 is 2.32 bits per heavy atom. The Balaban J connectivity index is 1.28. The molecule has 0 radical (unpaired) electrons. The number of aryl methyl sites for hydroxylation is 1. The van der Waals surface area contributed by atoms with Crippen LogP contribution in [0.4, 0.5) is 9.18 Å². The Bertz CT molecular complexity index is 1720. The van der Waals surface area contributed by atoms with E-state index in [1.807, 2.05) is 71.4 Å². The molecule has 2 saturated heterocycles. The number of nitrogens with zero attached hydrogens (tertiary/aromatic N) is 6. The molecule has 2 fully saturated rings. The van der Waals surface area contributed by atoms with Crippen molar-refractivity contribution < 1.29 is 23.5 Å². The van der Waals surface area contributed by atoms with E-state index in [1.54, 1.807) is 13.2 Å². The summed E-state index contributed by atoms with van der Waals surface area (Å²) in [5.41, 5.74) is 3.58. The number of hydrogen-bond donors (Lipinski definition) is 0. The molecule has 10 nitrogen and oxygen atoms in total. The standard InChI is InChI=1S/C42H63FN6O4/c1-27(2)38(13-12-16-45-17-18-47(34(25-45)26-52-11)41(51)53-42(8,9)10)46-22-32(23-46)31-19-36(39-21-44-30(7)48(39)24-31)35-15-14-33(43)20-37(35)40(50)49(28(3)4)29(5)6/h14-15,19-21,24,27-29,32,34,38H,12-13,16-18,22-23,25-26H2,1-11H3/t34-,38-/m1/s1. The van der Waals surface area contributed by atoms with Gasteiger partial charge in [0.1, 0.15) is 17.2 Å². The van der Waals surface area contributed by atoms with Crippen LogP contribution in [0, 0.1) is 18.7 Å². The van der Waals surface area contributed by atoms with Crippen molar-refractivity contribution in [2.24, 2.45) is 5.92 Å². The number of halogens is 1. The second-order valence-electron chi connectivity index (χ2n) is 17.0. The molecule has 292 valence electrons. The molecule has 0 saturated carbocycles. The molecule has 5 rings (SSSR count). The fourth-order valence-electron chi connectivity index (χ4n) is 8.29. The van der Waals surface area contributed by atoms with Crippen molar-refractivity contribution in [2.75, 3.05) is 53.0 Å². The summed E-state index contributed by atoms with van der Waals surface area (Å²) in [6, 6.07) is 7.16. The van der Waals surface area contributed by atoms with Crippen LogP contribution in [0.15, 0.2) is 36.7 Å². The lowest BCUT2D eigenvalue weighted by Crippen LogP contribution is -2.57. The molecular weight excluding hydrogens is 671 g/mol. The normalized spacial score (nSPS) is 18.3. The van der Waals surface area contributed by atoms with Crippen LogP contribution in [0.1, 0.15) is 103 Å². The highest BCUT2D eigenvalue weighted by Crippen LogP contribution is 2.37. The Labute approximate surface area is 316 Å². The van der Waals surface area contributed by atoms with E-state index in [0.29, 0.717) is 36.6 Å². The molecule has 0 aliphatic carbocycles. The molecule has 4 heterocycles. The summed E-state index contributed by atoms with van der Waals surface area (Å²) < 4.78 is 28.1. The number of hydrogen-bond acceptors (Lipinski definition) is 7. The summed E-state index contributed by atoms with van der Waals surface area (Å²) >= 11 is 0. The zero-order valence-electron chi connectivity index (χ0n) is 34.0. The van der Waals surface area contributed by atoms with Crippen molar-refractivity contribution in [3.8, 4) is 11.1 Å². The van der Waals surface area contributed by atoms with Gasteiger partial charge in [-0.15, -0.1) is 0 Å². The van der Waals surface area contributed by atoms with Crippen LogP contribution in [0.5, 0.6) is 0 Å². The van der Waals surface area contributed by atoms with Crippen molar-refractivity contribution in [2.45, 2.75) is 118 Å². The first-order valence-electron chi connectivity index (χ1n) is 19.5. The fraction of sp³-hybridized carbons (Fsp3) is 0.643. The van der Waals surface area contributed by atoms with Crippen LogP contribution in [0.2, 0.25) is 0 Å². The van der Waals surface area contributed by atoms with E-state index in [1.165, 1.54) is 17.7 Å². The van der Waals surface area contributed by atoms with Crippen LogP contribution in [-0.4, -0.2) is 124 Å². The quantitative estimate of drug-likeness (QED) is 0.180. The fourth-order valence-corrected chi connectivity index (χ4v) is 8.29. The largest absolute Gasteiger partial charge is 0.444 e. The number of imidazole rings is 1. The van der Waals surface area contributed by atoms with E-state index < -0.39 is 11.4 Å². The number of carbonyl (C=O) groups excluding carboxylic acids is 2. The topological polar surface area (TPSA) is 82.9 Å². The molecule has 3 aromatic rings. The minimum absolute atomic E-state index is 0.0287. The highest BCUT2D eigenvalue weighted by molar-refractivity contribution is 6.03. The maximum Gasteiger partial charge on any atom is 0.410 e. The number of piperazine rings is 1. The molecule has 0 bridgehead atoms. The van der Waals surface area contributed by atoms with Crippen LogP contribution in [0.25, 0.3) is 16.6 Å². The molecule has 2 amide bonds. The van der Waals surface area contributed by atoms with Crippen molar-refractivity contribution in [3.63, 3.8) is 0 Å². The predicted octanol–water partition coefficient (Wildman–Crippen LogP) is 7.48. The zero-order chi connectivity index (χ0) is 38.8. The third-order valence-corrected chi connectivity index (χ3v) is 10.8. The van der Waals surface area contributed by atoms with E-state index in [0.717, 1.165) is 68.0 Å². The second-order valence-corrected chi connectivity index (χ2v) is 17.0. The van der Waals surface area contributed by atoms with Crippen molar-refractivity contribution in [1.82, 2.24) is 29.0 Å². The van der Waals surface area contributed by atoms with Crippen molar-refractivity contribution in [1.29, 1.82) is 0 Å². The second kappa shape index (κ2) is 16.9. The molecular formula is C42H63FN6O4. The first kappa shape index (κ1) is 40.6. The summed E-state index contributed by atoms with van der Waals surface area (Å²) in [7, 11) is 1.68. The number of pyridine rings is 1. The van der Waals surface area contributed by atoms with E-state index in [9.17, 15) is 14.0 Å². The minimum Gasteiger partial charge on any atom is -0.444 e. The molecule has 0 unspecified atom stereocenters. The Morgan fingerprint density at radius 1 is 1.00 bits per heavy atom. The average Bonchev–Trinajstić information content (AvgIpc) is 3.42. The van der Waals surface area contributed by atoms with Gasteiger partial charge >= 0.3 is 6.09 Å². The lowest BCUT2D eigenvalue weighted by molar-refractivity contribution is -0.0170. The average molecular weight is 735 g/mol. The summed E-state index contributed by atoms with van der Waals surface area (Å²) in [6.45, 7) is 25.9. The van der Waals surface area contributed by atoms with Gasteiger partial charge in [0.25, 0.3) is 5.91 Å². The van der Waals surface area contributed by atoms with Gasteiger partial charge in [0.15, 0.2) is 0 Å². The van der Waals surface area contributed by atoms with E-state index in [-0.39, 0.29) is 30.1 Å². The molecule has 1 aromatic carbocycles. The van der Waals surface area contributed by atoms with Crippen LogP contribution in [-0.2, 0) is 9.47 Å². The SMILES string of the molecule is COC[C@H]1CN(CCC[C@H](C(C)C)N2CC(c3cc(-c4ccc(F)cc4C(=O)N(C(C)C)C(C)C)c4cnc(C)n4c3)C2)CCN1C(=O)OC(C)(C)C. The highest BCUT2D eigenvalue weighted by Gasteiger charge is 2.37. The number of ether oxygens (including phenoxy) is 2. The summed E-state index contributed by atoms with van der Waals surface area (Å²) in [5.74, 6) is 1.12. The number of methoxy groups -OCH3 is 1. The van der Waals surface area contributed by atoms with Gasteiger partial charge in [0.2, 0.25) is 0 Å². The van der Waals surface area contributed by atoms with Gasteiger partial charge in [-0.3, -0.25) is 14.6 Å². The van der Waals surface area contributed by atoms with Gasteiger partial charge < -0.3 is 23.7 Å². The van der Waals surface area contributed by atoms with E-state index in [4.69, 9.17) is 9.47 Å². The molecule has 11 heteroatoms. The van der Waals surface area contributed by atoms with E-state index in [2.05, 4.69) is 45.3 Å². The first-order valence-corrected chi connectivity index (χ1v) is 19.5. The molecule has 0 N–H and O–H groups in total. The maximum absolute atomic E-state index is 14.8. The molecule has 2 aromatic heterocycles. The van der Waals surface area contributed by atoms with Gasteiger partial charge in [-0.1, -0.05) is 19.9 Å². The third kappa shape index (κ3) is 9.41. The number of rotatable bonds is 13. The van der Waals surface area contributed by atoms with E-state index >= 15 is 0 Å². The molecule has 2 aliphatic heterocycles. The van der Waals surface area contributed by atoms with Gasteiger partial charge in [-0.25, -0.2) is 14.2 Å². The first-order chi connectivity index (χ1) is 25.0. The van der Waals surface area contributed by atoms with Crippen LogP contribution >= 0.6 is 0 Å². The lowest BCUT2D eigenvalue weighted by Gasteiger charge is -2.47. The van der Waals surface area contributed by atoms with Crippen LogP contribution in [0.3, 0.4) is 0 Å². The van der Waals surface area contributed by atoms with Crippen molar-refractivity contribution >= 4 is 17.5 Å². The van der Waals surface area contributed by atoms with Gasteiger partial charge in [0.05, 0.1) is 29.9 Å². The van der Waals surface area contributed by atoms with Crippen LogP contribution < -0.4 is 0 Å². The minimum atomic E-state index is -0.531. The number of carbonyl (C=O) groups is 2. The number of benzene rings is 1. The Kier molecular flexibility index (Phi) is 12.9. The monoisotopic (exact) mass is 734 g/mol. The smallest absolute Gasteiger partial charge is 0.410 e. The number of aromatic nitrogens is 2. The van der Waals surface area contributed by atoms with Gasteiger partial charge in [-0.2, -0.15) is 0 Å². The van der Waals surface area contributed by atoms with Gasteiger partial charge in [-0.05, 0) is 110 Å². The summed E-state index contributed by atoms with van der Waals surface area (Å²) in [4.78, 5) is 40.3. The number of fused-ring (bicyclic) bond motifs is 1. The lowest BCUT2D eigenvalue weighted by atomic mass is 9.85. The molecule has 53 heavy (non-hydrogen) atoms. The zero-order valence-corrected chi connectivity index (χ0v) is 34.0. The molecule has 2 atom stereocenters. The van der Waals surface area contributed by atoms with Crippen molar-refractivity contribution in [3.05, 3.63) is 59.4 Å². The Morgan fingerprint density at radius 2 is 1.70 bits per heavy atom. The third-order valence-electron chi connectivity index (χ3n) is 10.8.